The van der Waals surface area contributed by atoms with Crippen LogP contribution in [0.4, 0.5) is 0 Å². The van der Waals surface area contributed by atoms with Crippen molar-refractivity contribution < 1.29 is 9.47 Å². The summed E-state index contributed by atoms with van der Waals surface area (Å²) in [6, 6.07) is 5.83. The van der Waals surface area contributed by atoms with Gasteiger partial charge in [-0.15, -0.1) is 0 Å². The molecule has 0 aromatic heterocycles. The summed E-state index contributed by atoms with van der Waals surface area (Å²) in [6.07, 6.45) is 0. The maximum absolute atomic E-state index is 5.66. The fourth-order valence-corrected chi connectivity index (χ4v) is 1.78. The van der Waals surface area contributed by atoms with Crippen LogP contribution in [0, 0.1) is 0 Å². The van der Waals surface area contributed by atoms with Crippen molar-refractivity contribution in [2.75, 3.05) is 26.9 Å². The van der Waals surface area contributed by atoms with Crippen molar-refractivity contribution in [3.05, 3.63) is 39.8 Å². The fourth-order valence-electron chi connectivity index (χ4n) is 1.34. The predicted octanol–water partition coefficient (Wildman–Crippen LogP) is 3.32. The lowest BCUT2D eigenvalue weighted by Gasteiger charge is -2.10. The Kier molecular flexibility index (Phi) is 7.35. The maximum atomic E-state index is 5.66. The number of hydrogen-bond acceptors (Lipinski definition) is 3. The molecule has 0 heterocycles. The molecule has 3 nitrogen and oxygen atoms in total. The summed E-state index contributed by atoms with van der Waals surface area (Å²) in [5.41, 5.74) is 1.13. The molecule has 0 bridgehead atoms. The van der Waals surface area contributed by atoms with E-state index in [4.69, 9.17) is 21.1 Å². The highest BCUT2D eigenvalue weighted by Gasteiger charge is 2.03. The molecule has 0 fully saturated rings. The normalized spacial score (nSPS) is 10.4. The molecule has 0 saturated carbocycles. The van der Waals surface area contributed by atoms with Gasteiger partial charge in [0.2, 0.25) is 0 Å². The first-order valence-corrected chi connectivity index (χ1v) is 6.74. The zero-order valence-corrected chi connectivity index (χ0v) is 12.7. The Morgan fingerprint density at radius 1 is 1.50 bits per heavy atom. The molecule has 0 aliphatic heterocycles. The lowest BCUT2D eigenvalue weighted by atomic mass is 10.2. The average Bonchev–Trinajstić information content (AvgIpc) is 2.35. The molecule has 100 valence electrons. The van der Waals surface area contributed by atoms with Crippen molar-refractivity contribution in [2.24, 2.45) is 0 Å². The van der Waals surface area contributed by atoms with Crippen LogP contribution < -0.4 is 10.1 Å². The number of methoxy groups -OCH3 is 1. The Bertz CT molecular complexity index is 399. The molecule has 0 amide bonds. The van der Waals surface area contributed by atoms with Crippen LogP contribution in [0.25, 0.3) is 0 Å². The van der Waals surface area contributed by atoms with E-state index in [0.29, 0.717) is 18.2 Å². The van der Waals surface area contributed by atoms with Gasteiger partial charge in [0.05, 0.1) is 6.61 Å². The van der Waals surface area contributed by atoms with Crippen LogP contribution in [-0.2, 0) is 11.3 Å². The molecule has 1 aromatic carbocycles. The highest BCUT2D eigenvalue weighted by molar-refractivity contribution is 9.10. The second-order valence-electron chi connectivity index (χ2n) is 3.73. The lowest BCUT2D eigenvalue weighted by Crippen LogP contribution is -2.18. The van der Waals surface area contributed by atoms with Crippen LogP contribution in [0.2, 0.25) is 0 Å². The van der Waals surface area contributed by atoms with Gasteiger partial charge in [0, 0.05) is 29.7 Å². The van der Waals surface area contributed by atoms with E-state index in [2.05, 4.69) is 27.8 Å². The predicted molar refractivity (Wildman–Crippen MR) is 78.2 cm³/mol. The van der Waals surface area contributed by atoms with E-state index < -0.39 is 0 Å². The van der Waals surface area contributed by atoms with E-state index in [-0.39, 0.29) is 0 Å². The quantitative estimate of drug-likeness (QED) is 0.740. The second-order valence-corrected chi connectivity index (χ2v) is 5.12. The van der Waals surface area contributed by atoms with E-state index in [1.807, 2.05) is 18.2 Å². The molecule has 0 aliphatic carbocycles. The van der Waals surface area contributed by atoms with Gasteiger partial charge >= 0.3 is 0 Å². The van der Waals surface area contributed by atoms with Crippen LogP contribution in [0.1, 0.15) is 5.56 Å². The molecular formula is C13H17BrClNO2. The first-order valence-electron chi connectivity index (χ1n) is 5.57. The zero-order valence-electron chi connectivity index (χ0n) is 10.3. The van der Waals surface area contributed by atoms with Crippen molar-refractivity contribution in [3.63, 3.8) is 0 Å². The number of benzene rings is 1. The second kappa shape index (κ2) is 8.53. The highest BCUT2D eigenvalue weighted by atomic mass is 79.9. The number of hydrogen-bond donors (Lipinski definition) is 1. The van der Waals surface area contributed by atoms with Crippen LogP contribution in [0.15, 0.2) is 34.3 Å². The molecule has 1 N–H and O–H groups in total. The molecule has 0 radical (unpaired) electrons. The Morgan fingerprint density at radius 2 is 2.28 bits per heavy atom. The van der Waals surface area contributed by atoms with E-state index in [1.54, 1.807) is 7.11 Å². The maximum Gasteiger partial charge on any atom is 0.123 e. The minimum absolute atomic E-state index is 0.319. The molecule has 0 aliphatic rings. The van der Waals surface area contributed by atoms with E-state index in [1.165, 1.54) is 0 Å². The summed E-state index contributed by atoms with van der Waals surface area (Å²) >= 11 is 9.17. The van der Waals surface area contributed by atoms with E-state index in [0.717, 1.165) is 28.9 Å². The van der Waals surface area contributed by atoms with Crippen molar-refractivity contribution in [1.29, 1.82) is 0 Å². The zero-order chi connectivity index (χ0) is 13.4. The molecule has 1 aromatic rings. The lowest BCUT2D eigenvalue weighted by molar-refractivity contribution is 0.199. The summed E-state index contributed by atoms with van der Waals surface area (Å²) in [4.78, 5) is 0. The van der Waals surface area contributed by atoms with Gasteiger partial charge < -0.3 is 14.8 Å². The molecule has 5 heteroatoms. The van der Waals surface area contributed by atoms with Crippen molar-refractivity contribution >= 4 is 27.5 Å². The van der Waals surface area contributed by atoms with Gasteiger partial charge in [0.1, 0.15) is 12.4 Å². The first kappa shape index (κ1) is 15.5. The molecule has 1 rings (SSSR count). The van der Waals surface area contributed by atoms with E-state index >= 15 is 0 Å². The van der Waals surface area contributed by atoms with Crippen LogP contribution >= 0.6 is 27.5 Å². The summed E-state index contributed by atoms with van der Waals surface area (Å²) in [5.74, 6) is 0.781. The minimum Gasteiger partial charge on any atom is -0.488 e. The largest absolute Gasteiger partial charge is 0.488 e. The van der Waals surface area contributed by atoms with Crippen molar-refractivity contribution in [2.45, 2.75) is 6.54 Å². The van der Waals surface area contributed by atoms with Gasteiger partial charge in [-0.05, 0) is 23.8 Å². The molecular weight excluding hydrogens is 318 g/mol. The SMILES string of the molecule is C=C(Cl)COc1ccc(Br)c(CNCCOC)c1. The summed E-state index contributed by atoms with van der Waals surface area (Å²) < 4.78 is 11.5. The number of halogens is 2. The highest BCUT2D eigenvalue weighted by Crippen LogP contribution is 2.23. The van der Waals surface area contributed by atoms with Gasteiger partial charge in [-0.25, -0.2) is 0 Å². The standard InChI is InChI=1S/C13H17BrClNO2/c1-10(15)9-18-12-3-4-13(14)11(7-12)8-16-5-6-17-2/h3-4,7,16H,1,5-6,8-9H2,2H3. The summed E-state index contributed by atoms with van der Waals surface area (Å²) in [7, 11) is 1.69. The van der Waals surface area contributed by atoms with Crippen molar-refractivity contribution in [1.82, 2.24) is 5.32 Å². The van der Waals surface area contributed by atoms with Crippen molar-refractivity contribution in [3.8, 4) is 5.75 Å². The number of nitrogens with one attached hydrogen (secondary N) is 1. The molecule has 0 spiro atoms. The van der Waals surface area contributed by atoms with Gasteiger partial charge in [0.15, 0.2) is 0 Å². The first-order chi connectivity index (χ1) is 8.63. The Morgan fingerprint density at radius 3 is 2.94 bits per heavy atom. The van der Waals surface area contributed by atoms with Crippen LogP contribution in [0.3, 0.4) is 0 Å². The van der Waals surface area contributed by atoms with Gasteiger partial charge in [-0.2, -0.15) is 0 Å². The monoisotopic (exact) mass is 333 g/mol. The number of ether oxygens (including phenoxy) is 2. The van der Waals surface area contributed by atoms with Gasteiger partial charge in [-0.3, -0.25) is 0 Å². The van der Waals surface area contributed by atoms with E-state index in [9.17, 15) is 0 Å². The Hall–Kier alpha value is -0.550. The summed E-state index contributed by atoms with van der Waals surface area (Å²) in [5, 5.41) is 3.77. The topological polar surface area (TPSA) is 30.5 Å². The molecule has 0 saturated heterocycles. The third-order valence-electron chi connectivity index (χ3n) is 2.21. The molecule has 0 atom stereocenters. The average molecular weight is 335 g/mol. The third kappa shape index (κ3) is 5.87. The number of rotatable bonds is 8. The van der Waals surface area contributed by atoms with Crippen LogP contribution in [0.5, 0.6) is 5.75 Å². The third-order valence-corrected chi connectivity index (χ3v) is 3.09. The Balaban J connectivity index is 2.54. The Labute approximate surface area is 121 Å². The smallest absolute Gasteiger partial charge is 0.123 e. The van der Waals surface area contributed by atoms with Crippen LogP contribution in [-0.4, -0.2) is 26.9 Å². The van der Waals surface area contributed by atoms with Gasteiger partial charge in [-0.1, -0.05) is 34.1 Å². The molecule has 0 unspecified atom stereocenters. The summed E-state index contributed by atoms with van der Waals surface area (Å²) in [6.45, 7) is 6.16. The van der Waals surface area contributed by atoms with Gasteiger partial charge in [0.25, 0.3) is 0 Å². The minimum atomic E-state index is 0.319. The molecule has 18 heavy (non-hydrogen) atoms. The fraction of sp³-hybridized carbons (Fsp3) is 0.385.